The quantitative estimate of drug-likeness (QED) is 0.451. The molecule has 1 fully saturated rings. The van der Waals surface area contributed by atoms with Gasteiger partial charge >= 0.3 is 23.9 Å². The van der Waals surface area contributed by atoms with Crippen molar-refractivity contribution in [3.63, 3.8) is 0 Å². The summed E-state index contributed by atoms with van der Waals surface area (Å²) in [6, 6.07) is 0. The van der Waals surface area contributed by atoms with Crippen molar-refractivity contribution in [1.29, 1.82) is 0 Å². The molecule has 5 unspecified atom stereocenters. The fourth-order valence-electron chi connectivity index (χ4n) is 2.57. The minimum atomic E-state index is -1.11. The van der Waals surface area contributed by atoms with Crippen LogP contribution in [0.4, 0.5) is 0 Å². The van der Waals surface area contributed by atoms with E-state index in [0.717, 1.165) is 0 Å². The van der Waals surface area contributed by atoms with E-state index in [1.54, 1.807) is 0 Å². The Labute approximate surface area is 162 Å². The Morgan fingerprint density at radius 1 is 0.815 bits per heavy atom. The van der Waals surface area contributed by atoms with Crippen LogP contribution in [0.1, 0.15) is 41.5 Å². The lowest BCUT2D eigenvalue weighted by molar-refractivity contribution is -0.237. The first-order chi connectivity index (χ1) is 12.5. The highest BCUT2D eigenvalue weighted by Gasteiger charge is 2.52. The van der Waals surface area contributed by atoms with Gasteiger partial charge in [0.1, 0.15) is 18.1 Å². The van der Waals surface area contributed by atoms with E-state index in [4.69, 9.17) is 23.7 Å². The van der Waals surface area contributed by atoms with Crippen molar-refractivity contribution in [3.05, 3.63) is 0 Å². The van der Waals surface area contributed by atoms with Crippen molar-refractivity contribution >= 4 is 35.6 Å². The minimum Gasteiger partial charge on any atom is -0.463 e. The molecule has 0 aromatic heterocycles. The Balaban J connectivity index is 3.27. The summed E-state index contributed by atoms with van der Waals surface area (Å²) >= 11 is 1.34. The number of hydrogen-bond acceptors (Lipinski definition) is 10. The summed E-state index contributed by atoms with van der Waals surface area (Å²) in [5, 5.41) is 0.0886. The molecule has 154 valence electrons. The van der Waals surface area contributed by atoms with Gasteiger partial charge in [-0.3, -0.25) is 19.2 Å². The van der Waals surface area contributed by atoms with Crippen molar-refractivity contribution < 1.29 is 42.9 Å². The van der Waals surface area contributed by atoms with E-state index in [1.807, 2.05) is 13.8 Å². The third-order valence-electron chi connectivity index (χ3n) is 3.35. The molecule has 0 radical (unpaired) electrons. The van der Waals surface area contributed by atoms with Gasteiger partial charge in [-0.05, 0) is 0 Å². The fraction of sp³-hybridized carbons (Fsp3) is 0.765. The summed E-state index contributed by atoms with van der Waals surface area (Å²) in [5.74, 6) is -2.43. The second kappa shape index (κ2) is 10.5. The monoisotopic (exact) mass is 406 g/mol. The summed E-state index contributed by atoms with van der Waals surface area (Å²) in [7, 11) is 0. The van der Waals surface area contributed by atoms with Crippen molar-refractivity contribution in [1.82, 2.24) is 0 Å². The highest BCUT2D eigenvalue weighted by Crippen LogP contribution is 2.35. The van der Waals surface area contributed by atoms with Crippen molar-refractivity contribution in [2.75, 3.05) is 6.61 Å². The van der Waals surface area contributed by atoms with Gasteiger partial charge in [-0.1, -0.05) is 13.8 Å². The Hall–Kier alpha value is -1.81. The second-order valence-corrected chi connectivity index (χ2v) is 7.93. The summed E-state index contributed by atoms with van der Waals surface area (Å²) in [4.78, 5) is 46.0. The molecule has 0 aromatic rings. The zero-order valence-electron chi connectivity index (χ0n) is 16.3. The molecule has 0 amide bonds. The van der Waals surface area contributed by atoms with Crippen LogP contribution in [0, 0.1) is 0 Å². The van der Waals surface area contributed by atoms with Gasteiger partial charge in [-0.25, -0.2) is 0 Å². The molecule has 9 nitrogen and oxygen atoms in total. The molecule has 1 aliphatic heterocycles. The van der Waals surface area contributed by atoms with Gasteiger partial charge in [0.15, 0.2) is 18.3 Å². The molecule has 10 heteroatoms. The number of carbonyl (C=O) groups excluding carboxylic acids is 4. The molecule has 1 aliphatic rings. The molecule has 5 atom stereocenters. The molecule has 27 heavy (non-hydrogen) atoms. The molecule has 0 saturated carbocycles. The first-order valence-electron chi connectivity index (χ1n) is 8.47. The maximum atomic E-state index is 11.6. The van der Waals surface area contributed by atoms with E-state index in [-0.39, 0.29) is 11.9 Å². The smallest absolute Gasteiger partial charge is 0.303 e. The number of ether oxygens (including phenoxy) is 5. The molecule has 0 aliphatic carbocycles. The lowest BCUT2D eigenvalue weighted by Gasteiger charge is -2.44. The topological polar surface area (TPSA) is 114 Å². The molecule has 0 N–H and O–H groups in total. The molecule has 0 aromatic carbocycles. The summed E-state index contributed by atoms with van der Waals surface area (Å²) < 4.78 is 26.9. The predicted molar refractivity (Wildman–Crippen MR) is 94.7 cm³/mol. The van der Waals surface area contributed by atoms with Gasteiger partial charge in [-0.15, -0.1) is 11.8 Å². The van der Waals surface area contributed by atoms with Gasteiger partial charge in [0.2, 0.25) is 0 Å². The van der Waals surface area contributed by atoms with E-state index in [0.29, 0.717) is 0 Å². The Morgan fingerprint density at radius 2 is 1.30 bits per heavy atom. The van der Waals surface area contributed by atoms with E-state index in [2.05, 4.69) is 0 Å². The third-order valence-corrected chi connectivity index (χ3v) is 4.55. The molecule has 0 bridgehead atoms. The Morgan fingerprint density at radius 3 is 1.74 bits per heavy atom. The van der Waals surface area contributed by atoms with Crippen LogP contribution in [0.25, 0.3) is 0 Å². The lowest BCUT2D eigenvalue weighted by atomic mass is 9.99. The van der Waals surface area contributed by atoms with Crippen LogP contribution in [0.15, 0.2) is 0 Å². The lowest BCUT2D eigenvalue weighted by Crippen LogP contribution is -2.61. The van der Waals surface area contributed by atoms with Crippen LogP contribution in [0.5, 0.6) is 0 Å². The van der Waals surface area contributed by atoms with Crippen LogP contribution in [-0.4, -0.2) is 65.6 Å². The first kappa shape index (κ1) is 23.2. The van der Waals surface area contributed by atoms with Gasteiger partial charge in [0, 0.05) is 32.9 Å². The third kappa shape index (κ3) is 7.76. The highest BCUT2D eigenvalue weighted by atomic mass is 32.2. The highest BCUT2D eigenvalue weighted by molar-refractivity contribution is 8.00. The standard InChI is InChI=1S/C17H26O9S/c1-8(2)27-17-16(25-12(6)21)15(24-11(5)20)14(23-10(4)19)13(26-17)7-22-9(3)18/h8,13-17H,7H2,1-6H3. The first-order valence-corrected chi connectivity index (χ1v) is 9.41. The van der Waals surface area contributed by atoms with Crippen LogP contribution < -0.4 is 0 Å². The maximum absolute atomic E-state index is 11.6. The van der Waals surface area contributed by atoms with Crippen molar-refractivity contribution in [3.8, 4) is 0 Å². The Bertz CT molecular complexity index is 563. The van der Waals surface area contributed by atoms with Gasteiger partial charge in [-0.2, -0.15) is 0 Å². The molecule has 1 rings (SSSR count). The molecule has 1 heterocycles. The van der Waals surface area contributed by atoms with Crippen molar-refractivity contribution in [2.24, 2.45) is 0 Å². The molecular formula is C17H26O9S. The minimum absolute atomic E-state index is 0.0886. The largest absolute Gasteiger partial charge is 0.463 e. The summed E-state index contributed by atoms with van der Waals surface area (Å²) in [6.45, 7) is 8.44. The molecule has 1 saturated heterocycles. The van der Waals surface area contributed by atoms with Crippen LogP contribution in [-0.2, 0) is 42.9 Å². The zero-order chi connectivity index (χ0) is 20.7. The van der Waals surface area contributed by atoms with Gasteiger partial charge in [0.25, 0.3) is 0 Å². The second-order valence-electron chi connectivity index (χ2n) is 6.25. The van der Waals surface area contributed by atoms with E-state index >= 15 is 0 Å². The van der Waals surface area contributed by atoms with Crippen LogP contribution in [0.3, 0.4) is 0 Å². The number of esters is 4. The summed E-state index contributed by atoms with van der Waals surface area (Å²) in [5.41, 5.74) is -0.717. The number of thioether (sulfide) groups is 1. The number of hydrogen-bond donors (Lipinski definition) is 0. The fourth-order valence-corrected chi connectivity index (χ4v) is 3.68. The van der Waals surface area contributed by atoms with Gasteiger partial charge < -0.3 is 23.7 Å². The van der Waals surface area contributed by atoms with Gasteiger partial charge in [0.05, 0.1) is 0 Å². The molecular weight excluding hydrogens is 380 g/mol. The van der Waals surface area contributed by atoms with Crippen LogP contribution in [0.2, 0.25) is 0 Å². The summed E-state index contributed by atoms with van der Waals surface area (Å²) in [6.07, 6.45) is -4.12. The van der Waals surface area contributed by atoms with E-state index in [9.17, 15) is 19.2 Å². The maximum Gasteiger partial charge on any atom is 0.303 e. The SMILES string of the molecule is CC(=O)OCC1OC(SC(C)C)C(OC(C)=O)C(OC(C)=O)C1OC(C)=O. The molecule has 0 spiro atoms. The predicted octanol–water partition coefficient (Wildman–Crippen LogP) is 1.21. The zero-order valence-corrected chi connectivity index (χ0v) is 17.1. The number of rotatable bonds is 7. The number of carbonyl (C=O) groups is 4. The van der Waals surface area contributed by atoms with Crippen molar-refractivity contribution in [2.45, 2.75) is 76.6 Å². The van der Waals surface area contributed by atoms with E-state index < -0.39 is 53.7 Å². The average molecular weight is 406 g/mol. The normalized spacial score (nSPS) is 27.6. The van der Waals surface area contributed by atoms with E-state index in [1.165, 1.54) is 39.5 Å². The van der Waals surface area contributed by atoms with Crippen LogP contribution >= 0.6 is 11.8 Å². The Kier molecular flexibility index (Phi) is 9.04. The average Bonchev–Trinajstić information content (AvgIpc) is 2.49.